The molecule has 69 heavy (non-hydrogen) atoms. The molecule has 0 amide bonds. The van der Waals surface area contributed by atoms with Crippen molar-refractivity contribution in [1.82, 2.24) is 9.13 Å². The zero-order valence-corrected chi connectivity index (χ0v) is 39.0. The Morgan fingerprint density at radius 3 is 1.01 bits per heavy atom. The van der Waals surface area contributed by atoms with Gasteiger partial charge in [0.25, 0.3) is 0 Å². The molecule has 324 valence electrons. The molecule has 0 unspecified atom stereocenters. The van der Waals surface area contributed by atoms with Crippen molar-refractivity contribution in [3.8, 4) is 44.8 Å². The molecule has 0 spiro atoms. The van der Waals surface area contributed by atoms with E-state index >= 15 is 0 Å². The molecule has 11 aromatic carbocycles. The van der Waals surface area contributed by atoms with E-state index in [1.165, 1.54) is 103 Å². The molecule has 0 fully saturated rings. The first-order chi connectivity index (χ1) is 34.2. The van der Waals surface area contributed by atoms with Crippen LogP contribution in [0.2, 0.25) is 0 Å². The largest absolute Gasteiger partial charge is 0.309 e. The number of fused-ring (bicyclic) bond motifs is 6. The minimum absolute atomic E-state index is 1.13. The molecule has 0 aliphatic carbocycles. The van der Waals surface area contributed by atoms with Gasteiger partial charge < -0.3 is 9.13 Å². The van der Waals surface area contributed by atoms with Crippen LogP contribution in [0.15, 0.2) is 279 Å². The first-order valence-corrected chi connectivity index (χ1v) is 25.8. The van der Waals surface area contributed by atoms with Crippen molar-refractivity contribution in [2.24, 2.45) is 0 Å². The van der Waals surface area contributed by atoms with E-state index in [4.69, 9.17) is 0 Å². The number of rotatable bonds is 9. The van der Waals surface area contributed by atoms with Crippen LogP contribution >= 0.6 is 0 Å². The first-order valence-electron chi connectivity index (χ1n) is 23.8. The van der Waals surface area contributed by atoms with Crippen molar-refractivity contribution in [1.29, 1.82) is 0 Å². The number of benzene rings is 11. The zero-order valence-electron chi connectivity index (χ0n) is 38.0. The van der Waals surface area contributed by atoms with Crippen LogP contribution in [0.5, 0.6) is 0 Å². The van der Waals surface area contributed by atoms with Gasteiger partial charge in [-0.15, -0.1) is 0 Å². The monoisotopic (exact) mass is 894 g/mol. The Morgan fingerprint density at radius 2 is 0.551 bits per heavy atom. The number of hydrogen-bond acceptors (Lipinski definition) is 0. The van der Waals surface area contributed by atoms with Gasteiger partial charge in [0.1, 0.15) is 0 Å². The van der Waals surface area contributed by atoms with Crippen molar-refractivity contribution in [3.05, 3.63) is 279 Å². The maximum absolute atomic E-state index is 2.82. The summed E-state index contributed by atoms with van der Waals surface area (Å²) in [6.07, 6.45) is 0. The number of hydrogen-bond donors (Lipinski definition) is 0. The lowest BCUT2D eigenvalue weighted by Crippen LogP contribution is -2.74. The minimum Gasteiger partial charge on any atom is -0.309 e. The Balaban J connectivity index is 0.943. The van der Waals surface area contributed by atoms with E-state index in [0.717, 1.165) is 5.69 Å². The molecule has 3 heteroatoms. The summed E-state index contributed by atoms with van der Waals surface area (Å²) in [6.45, 7) is 0. The molecule has 13 aromatic rings. The minimum atomic E-state index is -2.82. The smallest absolute Gasteiger partial charge is 0.179 e. The molecule has 0 aliphatic heterocycles. The summed E-state index contributed by atoms with van der Waals surface area (Å²) >= 11 is 0. The van der Waals surface area contributed by atoms with Gasteiger partial charge in [0, 0.05) is 32.9 Å². The molecule has 2 heterocycles. The van der Waals surface area contributed by atoms with Gasteiger partial charge in [-0.05, 0) is 121 Å². The highest BCUT2D eigenvalue weighted by molar-refractivity contribution is 7.20. The van der Waals surface area contributed by atoms with Gasteiger partial charge in [-0.1, -0.05) is 212 Å². The van der Waals surface area contributed by atoms with Crippen LogP contribution in [-0.2, 0) is 0 Å². The third kappa shape index (κ3) is 6.78. The maximum atomic E-state index is 2.49. The fourth-order valence-electron chi connectivity index (χ4n) is 11.1. The maximum Gasteiger partial charge on any atom is 0.179 e. The van der Waals surface area contributed by atoms with E-state index in [1.54, 1.807) is 0 Å². The van der Waals surface area contributed by atoms with Gasteiger partial charge in [0.05, 0.1) is 22.1 Å². The molecular formula is C66H46N2Si. The summed E-state index contributed by atoms with van der Waals surface area (Å²) in [7, 11) is -2.82. The van der Waals surface area contributed by atoms with Crippen LogP contribution in [-0.4, -0.2) is 17.2 Å². The van der Waals surface area contributed by atoms with E-state index in [-0.39, 0.29) is 0 Å². The quantitative estimate of drug-likeness (QED) is 0.101. The van der Waals surface area contributed by atoms with Crippen LogP contribution in [0.1, 0.15) is 0 Å². The average molecular weight is 895 g/mol. The molecule has 0 radical (unpaired) electrons. The second kappa shape index (κ2) is 16.8. The van der Waals surface area contributed by atoms with E-state index < -0.39 is 8.07 Å². The molecule has 0 saturated heterocycles. The lowest BCUT2D eigenvalue weighted by Gasteiger charge is -2.35. The van der Waals surface area contributed by atoms with Crippen molar-refractivity contribution >= 4 is 72.4 Å². The molecule has 0 aliphatic rings. The van der Waals surface area contributed by atoms with E-state index in [9.17, 15) is 0 Å². The highest BCUT2D eigenvalue weighted by Crippen LogP contribution is 2.39. The highest BCUT2D eigenvalue weighted by Gasteiger charge is 2.41. The van der Waals surface area contributed by atoms with Crippen LogP contribution in [0, 0.1) is 0 Å². The Labute approximate surface area is 403 Å². The van der Waals surface area contributed by atoms with Gasteiger partial charge in [0.15, 0.2) is 8.07 Å². The summed E-state index contributed by atoms with van der Waals surface area (Å²) < 4.78 is 4.81. The zero-order chi connectivity index (χ0) is 45.7. The molecule has 2 aromatic heterocycles. The summed E-state index contributed by atoms with van der Waals surface area (Å²) in [6, 6.07) is 103. The number of para-hydroxylation sites is 3. The van der Waals surface area contributed by atoms with E-state index in [2.05, 4.69) is 288 Å². The molecule has 2 nitrogen and oxygen atoms in total. The SMILES string of the molecule is c1ccc(-c2cc(-c3ccc(-n4c5ccccc5c5cc(-c6ccc7c(c6)c6ccccc6n7-c6ccccc6)ccc54)cc3)cc([Si](c3ccccc3)(c3ccccc3)c3ccccc3)c2)cc1. The average Bonchev–Trinajstić information content (AvgIpc) is 3.95. The van der Waals surface area contributed by atoms with Crippen molar-refractivity contribution in [3.63, 3.8) is 0 Å². The predicted octanol–water partition coefficient (Wildman–Crippen LogP) is 14.3. The Bertz CT molecular complexity index is 3870. The number of aromatic nitrogens is 2. The molecular weight excluding hydrogens is 849 g/mol. The second-order valence-corrected chi connectivity index (χ2v) is 21.9. The molecule has 13 rings (SSSR count). The summed E-state index contributed by atoms with van der Waals surface area (Å²) in [5, 5.41) is 10.4. The Morgan fingerprint density at radius 1 is 0.203 bits per heavy atom. The summed E-state index contributed by atoms with van der Waals surface area (Å²) in [5.74, 6) is 0. The Hall–Kier alpha value is -8.76. The fraction of sp³-hybridized carbons (Fsp3) is 0. The fourth-order valence-corrected chi connectivity index (χ4v) is 15.9. The van der Waals surface area contributed by atoms with Gasteiger partial charge >= 0.3 is 0 Å². The standard InChI is InChI=1S/C66H46N2Si/c1-6-20-47(21-7-1)51-42-52(44-58(43-51)69(55-24-10-3-11-25-55,56-26-12-4-13-27-56)57-28-14-5-15-29-57)48-34-38-54(39-35-48)68-64-33-19-17-31-60(64)62-46-50(37-41-66(62)68)49-36-40-65-61(45-49)59-30-16-18-32-63(59)67(65)53-22-8-2-9-23-53/h1-46H. The molecule has 0 bridgehead atoms. The highest BCUT2D eigenvalue weighted by atomic mass is 28.3. The third-order valence-corrected chi connectivity index (χ3v) is 19.0. The number of nitrogens with zero attached hydrogens (tertiary/aromatic N) is 2. The predicted molar refractivity (Wildman–Crippen MR) is 295 cm³/mol. The van der Waals surface area contributed by atoms with Crippen LogP contribution < -0.4 is 20.7 Å². The van der Waals surface area contributed by atoms with Crippen molar-refractivity contribution in [2.45, 2.75) is 0 Å². The second-order valence-electron chi connectivity index (χ2n) is 18.1. The van der Waals surface area contributed by atoms with Crippen LogP contribution in [0.25, 0.3) is 88.4 Å². The molecule has 0 atom stereocenters. The van der Waals surface area contributed by atoms with Gasteiger partial charge in [-0.25, -0.2) is 0 Å². The lowest BCUT2D eigenvalue weighted by atomic mass is 9.99. The van der Waals surface area contributed by atoms with E-state index in [0.29, 0.717) is 0 Å². The van der Waals surface area contributed by atoms with Crippen LogP contribution in [0.3, 0.4) is 0 Å². The summed E-state index contributed by atoms with van der Waals surface area (Å²) in [5.41, 5.74) is 14.3. The molecule has 0 N–H and O–H groups in total. The molecule has 0 saturated carbocycles. The van der Waals surface area contributed by atoms with Gasteiger partial charge in [-0.2, -0.15) is 0 Å². The van der Waals surface area contributed by atoms with Crippen molar-refractivity contribution < 1.29 is 0 Å². The first kappa shape index (κ1) is 40.5. The van der Waals surface area contributed by atoms with Gasteiger partial charge in [0.2, 0.25) is 0 Å². The van der Waals surface area contributed by atoms with E-state index in [1.807, 2.05) is 0 Å². The van der Waals surface area contributed by atoms with Crippen LogP contribution in [0.4, 0.5) is 0 Å². The topological polar surface area (TPSA) is 9.86 Å². The lowest BCUT2D eigenvalue weighted by molar-refractivity contribution is 1.18. The van der Waals surface area contributed by atoms with Gasteiger partial charge in [-0.3, -0.25) is 0 Å². The Kier molecular flexibility index (Phi) is 9.88. The summed E-state index contributed by atoms with van der Waals surface area (Å²) in [4.78, 5) is 0. The normalized spacial score (nSPS) is 11.8. The third-order valence-electron chi connectivity index (χ3n) is 14.2. The van der Waals surface area contributed by atoms with Crippen molar-refractivity contribution in [2.75, 3.05) is 0 Å².